The van der Waals surface area contributed by atoms with Crippen LogP contribution in [0.15, 0.2) is 65.1 Å². The van der Waals surface area contributed by atoms with Gasteiger partial charge in [0.1, 0.15) is 6.61 Å². The van der Waals surface area contributed by atoms with Crippen LogP contribution < -0.4 is 14.8 Å². The van der Waals surface area contributed by atoms with E-state index < -0.39 is 0 Å². The summed E-state index contributed by atoms with van der Waals surface area (Å²) in [5.41, 5.74) is 4.30. The number of anilines is 1. The number of nitrogens with one attached hydrogen (secondary N) is 1. The van der Waals surface area contributed by atoms with Crippen LogP contribution in [0.25, 0.3) is 0 Å². The van der Waals surface area contributed by atoms with E-state index in [1.807, 2.05) is 55.5 Å². The monoisotopic (exact) mass is 459 g/mol. The van der Waals surface area contributed by atoms with Crippen molar-refractivity contribution in [3.8, 4) is 11.5 Å². The van der Waals surface area contributed by atoms with Gasteiger partial charge in [-0.25, -0.2) is 0 Å². The Labute approximate surface area is 179 Å². The molecule has 3 nitrogen and oxygen atoms in total. The minimum Gasteiger partial charge on any atom is -0.490 e. The van der Waals surface area contributed by atoms with Crippen molar-refractivity contribution < 1.29 is 9.47 Å². The van der Waals surface area contributed by atoms with Crippen LogP contribution in [-0.2, 0) is 13.2 Å². The van der Waals surface area contributed by atoms with Gasteiger partial charge in [0, 0.05) is 27.8 Å². The molecule has 0 amide bonds. The van der Waals surface area contributed by atoms with Crippen molar-refractivity contribution in [3.05, 3.63) is 86.8 Å². The Balaban J connectivity index is 1.74. The lowest BCUT2D eigenvalue weighted by molar-refractivity contribution is 0.269. The first kappa shape index (κ1) is 20.6. The molecule has 5 heteroatoms. The van der Waals surface area contributed by atoms with E-state index in [9.17, 15) is 0 Å². The first-order chi connectivity index (χ1) is 13.5. The van der Waals surface area contributed by atoms with Crippen LogP contribution in [0.4, 0.5) is 5.69 Å². The van der Waals surface area contributed by atoms with Gasteiger partial charge in [0.15, 0.2) is 11.5 Å². The molecule has 146 valence electrons. The van der Waals surface area contributed by atoms with Crippen molar-refractivity contribution in [2.24, 2.45) is 0 Å². The van der Waals surface area contributed by atoms with E-state index >= 15 is 0 Å². The highest BCUT2D eigenvalue weighted by Gasteiger charge is 2.12. The maximum absolute atomic E-state index is 6.52. The summed E-state index contributed by atoms with van der Waals surface area (Å²) in [6, 6.07) is 20.1. The van der Waals surface area contributed by atoms with Crippen molar-refractivity contribution >= 4 is 33.2 Å². The topological polar surface area (TPSA) is 30.5 Å². The van der Waals surface area contributed by atoms with Gasteiger partial charge in [-0.05, 0) is 55.3 Å². The zero-order valence-electron chi connectivity index (χ0n) is 16.0. The van der Waals surface area contributed by atoms with Crippen LogP contribution in [0, 0.1) is 6.92 Å². The minimum atomic E-state index is 0.467. The molecule has 0 saturated heterocycles. The molecule has 0 aliphatic heterocycles. The Morgan fingerprint density at radius 1 is 0.964 bits per heavy atom. The molecule has 0 radical (unpaired) electrons. The molecular weight excluding hydrogens is 438 g/mol. The number of halogens is 2. The number of ether oxygens (including phenoxy) is 2. The van der Waals surface area contributed by atoms with E-state index in [4.69, 9.17) is 21.1 Å². The third-order valence-corrected chi connectivity index (χ3v) is 5.10. The fourth-order valence-electron chi connectivity index (χ4n) is 2.82. The van der Waals surface area contributed by atoms with Gasteiger partial charge in [-0.2, -0.15) is 0 Å². The quantitative estimate of drug-likeness (QED) is 0.392. The van der Waals surface area contributed by atoms with E-state index in [1.54, 1.807) is 0 Å². The predicted octanol–water partition coefficient (Wildman–Crippen LogP) is 7.00. The predicted molar refractivity (Wildman–Crippen MR) is 120 cm³/mol. The van der Waals surface area contributed by atoms with Crippen LogP contribution in [0.2, 0.25) is 5.02 Å². The highest BCUT2D eigenvalue weighted by molar-refractivity contribution is 9.10. The third kappa shape index (κ3) is 5.66. The summed E-state index contributed by atoms with van der Waals surface area (Å²) in [6.45, 7) is 5.65. The zero-order chi connectivity index (χ0) is 19.9. The van der Waals surface area contributed by atoms with Crippen molar-refractivity contribution in [1.82, 2.24) is 0 Å². The summed E-state index contributed by atoms with van der Waals surface area (Å²) in [5.74, 6) is 1.35. The largest absolute Gasteiger partial charge is 0.490 e. The molecule has 0 spiro atoms. The van der Waals surface area contributed by atoms with Gasteiger partial charge < -0.3 is 14.8 Å². The zero-order valence-corrected chi connectivity index (χ0v) is 18.3. The molecule has 0 bridgehead atoms. The highest BCUT2D eigenvalue weighted by Crippen LogP contribution is 2.34. The number of hydrogen-bond acceptors (Lipinski definition) is 3. The van der Waals surface area contributed by atoms with Gasteiger partial charge in [-0.1, -0.05) is 57.4 Å². The molecule has 1 N–H and O–H groups in total. The van der Waals surface area contributed by atoms with Gasteiger partial charge in [0.25, 0.3) is 0 Å². The lowest BCUT2D eigenvalue weighted by Crippen LogP contribution is -2.04. The molecule has 3 rings (SSSR count). The average Bonchev–Trinajstić information content (AvgIpc) is 2.68. The SMILES string of the molecule is CCOc1cc(CNc2ccc(Br)cc2)c(Cl)cc1OCc1cccc(C)c1. The van der Waals surface area contributed by atoms with E-state index in [2.05, 4.69) is 40.3 Å². The van der Waals surface area contributed by atoms with E-state index in [1.165, 1.54) is 5.56 Å². The summed E-state index contributed by atoms with van der Waals surface area (Å²) in [6.07, 6.45) is 0. The highest BCUT2D eigenvalue weighted by atomic mass is 79.9. The number of benzene rings is 3. The maximum atomic E-state index is 6.52. The first-order valence-corrected chi connectivity index (χ1v) is 10.3. The number of aryl methyl sites for hydroxylation is 1. The van der Waals surface area contributed by atoms with Crippen LogP contribution in [-0.4, -0.2) is 6.61 Å². The summed E-state index contributed by atoms with van der Waals surface area (Å²) in [7, 11) is 0. The molecular formula is C23H23BrClNO2. The molecule has 0 aliphatic carbocycles. The van der Waals surface area contributed by atoms with Crippen molar-refractivity contribution in [3.63, 3.8) is 0 Å². The van der Waals surface area contributed by atoms with E-state index in [-0.39, 0.29) is 0 Å². The van der Waals surface area contributed by atoms with Gasteiger partial charge in [-0.15, -0.1) is 0 Å². The molecule has 0 unspecified atom stereocenters. The van der Waals surface area contributed by atoms with E-state index in [0.717, 1.165) is 21.3 Å². The fourth-order valence-corrected chi connectivity index (χ4v) is 3.31. The van der Waals surface area contributed by atoms with Gasteiger partial charge >= 0.3 is 0 Å². The Morgan fingerprint density at radius 3 is 2.43 bits per heavy atom. The van der Waals surface area contributed by atoms with Gasteiger partial charge in [0.2, 0.25) is 0 Å². The van der Waals surface area contributed by atoms with Crippen LogP contribution in [0.5, 0.6) is 11.5 Å². The lowest BCUT2D eigenvalue weighted by atomic mass is 10.1. The van der Waals surface area contributed by atoms with Crippen LogP contribution >= 0.6 is 27.5 Å². The second kappa shape index (κ2) is 9.85. The van der Waals surface area contributed by atoms with Gasteiger partial charge in [-0.3, -0.25) is 0 Å². The molecule has 0 atom stereocenters. The molecule has 0 fully saturated rings. The standard InChI is InChI=1S/C23H23BrClNO2/c1-3-27-22-12-18(14-26-20-9-7-19(24)8-10-20)21(25)13-23(22)28-15-17-6-4-5-16(2)11-17/h4-13,26H,3,14-15H2,1-2H3. The Bertz CT molecular complexity index is 928. The van der Waals surface area contributed by atoms with Crippen LogP contribution in [0.1, 0.15) is 23.6 Å². The summed E-state index contributed by atoms with van der Waals surface area (Å²) in [5, 5.41) is 4.03. The van der Waals surface area contributed by atoms with Crippen molar-refractivity contribution in [2.45, 2.75) is 27.0 Å². The average molecular weight is 461 g/mol. The normalized spacial score (nSPS) is 10.6. The van der Waals surface area contributed by atoms with Gasteiger partial charge in [0.05, 0.1) is 6.61 Å². The molecule has 0 aromatic heterocycles. The summed E-state index contributed by atoms with van der Waals surface area (Å²) >= 11 is 9.96. The molecule has 28 heavy (non-hydrogen) atoms. The van der Waals surface area contributed by atoms with Crippen molar-refractivity contribution in [1.29, 1.82) is 0 Å². The first-order valence-electron chi connectivity index (χ1n) is 9.18. The smallest absolute Gasteiger partial charge is 0.163 e. The molecule has 0 saturated carbocycles. The second-order valence-corrected chi connectivity index (χ2v) is 7.78. The Kier molecular flexibility index (Phi) is 7.24. The minimum absolute atomic E-state index is 0.467. The third-order valence-electron chi connectivity index (χ3n) is 4.22. The molecule has 0 aliphatic rings. The number of rotatable bonds is 8. The fraction of sp³-hybridized carbons (Fsp3) is 0.217. The summed E-state index contributed by atoms with van der Waals surface area (Å²) < 4.78 is 12.8. The van der Waals surface area contributed by atoms with Crippen molar-refractivity contribution in [2.75, 3.05) is 11.9 Å². The molecule has 3 aromatic rings. The van der Waals surface area contributed by atoms with E-state index in [0.29, 0.717) is 36.3 Å². The van der Waals surface area contributed by atoms with Crippen LogP contribution in [0.3, 0.4) is 0 Å². The second-order valence-electron chi connectivity index (χ2n) is 6.46. The summed E-state index contributed by atoms with van der Waals surface area (Å²) in [4.78, 5) is 0. The Hall–Kier alpha value is -2.17. The lowest BCUT2D eigenvalue weighted by Gasteiger charge is -2.16. The maximum Gasteiger partial charge on any atom is 0.163 e. The molecule has 0 heterocycles. The molecule has 3 aromatic carbocycles. The Morgan fingerprint density at radius 2 is 1.71 bits per heavy atom. The number of hydrogen-bond donors (Lipinski definition) is 1.